The zero-order valence-corrected chi connectivity index (χ0v) is 21.3. The molecule has 1 fully saturated rings. The fraction of sp³-hybridized carbons (Fsp3) is 0.522. The van der Waals surface area contributed by atoms with Crippen LogP contribution in [0.5, 0.6) is 5.88 Å². The maximum atomic E-state index is 13.2. The third kappa shape index (κ3) is 7.22. The smallest absolute Gasteiger partial charge is 0.356 e. The lowest BCUT2D eigenvalue weighted by Crippen LogP contribution is -2.39. The summed E-state index contributed by atoms with van der Waals surface area (Å²) in [7, 11) is -2.24. The highest BCUT2D eigenvalue weighted by molar-refractivity contribution is 7.53. The molecule has 2 heterocycles. The molecule has 1 aliphatic heterocycles. The van der Waals surface area contributed by atoms with Gasteiger partial charge >= 0.3 is 19.3 Å². The van der Waals surface area contributed by atoms with Crippen molar-refractivity contribution >= 4 is 13.6 Å². The summed E-state index contributed by atoms with van der Waals surface area (Å²) in [5.41, 5.74) is -0.346. The van der Waals surface area contributed by atoms with Crippen molar-refractivity contribution in [2.75, 3.05) is 20.1 Å². The second kappa shape index (κ2) is 11.9. The Bertz CT molecular complexity index is 1080. The first-order valence-electron chi connectivity index (χ1n) is 11.2. The molecule has 0 saturated carbocycles. The fourth-order valence-electron chi connectivity index (χ4n) is 3.47. The number of rotatable bonds is 11. The molecule has 0 N–H and O–H groups in total. The number of nitrogens with zero attached hydrogens (tertiary/aromatic N) is 2. The molecule has 1 aromatic carbocycles. The SMILES string of the molecule is COc1ccn([C@@H]2OC[C@H](OCP(=O)(OC(C)C)OC(C)C)[C@H]2OC(=O)c2ccccc2)c(=O)n1. The van der Waals surface area contributed by atoms with Crippen LogP contribution in [-0.4, -0.2) is 60.0 Å². The highest BCUT2D eigenvalue weighted by Gasteiger charge is 2.44. The number of hydrogen-bond acceptors (Lipinski definition) is 10. The van der Waals surface area contributed by atoms with Gasteiger partial charge in [-0.25, -0.2) is 9.59 Å². The van der Waals surface area contributed by atoms with Crippen molar-refractivity contribution in [3.8, 4) is 5.88 Å². The van der Waals surface area contributed by atoms with Crippen LogP contribution in [0.3, 0.4) is 0 Å². The van der Waals surface area contributed by atoms with Crippen LogP contribution in [0.15, 0.2) is 47.4 Å². The van der Waals surface area contributed by atoms with Gasteiger partial charge < -0.3 is 28.0 Å². The molecule has 3 rings (SSSR count). The van der Waals surface area contributed by atoms with Gasteiger partial charge in [-0.1, -0.05) is 18.2 Å². The molecule has 35 heavy (non-hydrogen) atoms. The summed E-state index contributed by atoms with van der Waals surface area (Å²) in [6, 6.07) is 9.86. The maximum Gasteiger partial charge on any atom is 0.356 e. The topological polar surface area (TPSA) is 124 Å². The average Bonchev–Trinajstić information content (AvgIpc) is 3.19. The van der Waals surface area contributed by atoms with Gasteiger partial charge in [-0.15, -0.1) is 0 Å². The molecular formula is C23H31N2O9P. The van der Waals surface area contributed by atoms with Crippen LogP contribution in [0.25, 0.3) is 0 Å². The van der Waals surface area contributed by atoms with E-state index in [0.717, 1.165) is 0 Å². The summed E-state index contributed by atoms with van der Waals surface area (Å²) in [5, 5.41) is 0. The van der Waals surface area contributed by atoms with Gasteiger partial charge in [0.05, 0.1) is 31.5 Å². The second-order valence-electron chi connectivity index (χ2n) is 8.37. The van der Waals surface area contributed by atoms with Gasteiger partial charge in [-0.05, 0) is 39.8 Å². The lowest BCUT2D eigenvalue weighted by molar-refractivity contribution is -0.0534. The van der Waals surface area contributed by atoms with Gasteiger partial charge in [0, 0.05) is 12.3 Å². The molecule has 1 aromatic heterocycles. The molecule has 1 saturated heterocycles. The number of methoxy groups -OCH3 is 1. The van der Waals surface area contributed by atoms with Gasteiger partial charge in [-0.2, -0.15) is 4.98 Å². The van der Waals surface area contributed by atoms with E-state index in [4.69, 9.17) is 28.0 Å². The Kier molecular flexibility index (Phi) is 9.21. The van der Waals surface area contributed by atoms with E-state index >= 15 is 0 Å². The maximum absolute atomic E-state index is 13.2. The minimum Gasteiger partial charge on any atom is -0.481 e. The van der Waals surface area contributed by atoms with Crippen LogP contribution in [0.4, 0.5) is 0 Å². The van der Waals surface area contributed by atoms with Gasteiger partial charge in [0.2, 0.25) is 5.88 Å². The summed E-state index contributed by atoms with van der Waals surface area (Å²) in [6.45, 7) is 6.90. The van der Waals surface area contributed by atoms with E-state index < -0.39 is 37.7 Å². The number of benzene rings is 1. The van der Waals surface area contributed by atoms with Gasteiger partial charge in [0.1, 0.15) is 12.5 Å². The summed E-state index contributed by atoms with van der Waals surface area (Å²) in [6.07, 6.45) is -2.64. The predicted molar refractivity (Wildman–Crippen MR) is 125 cm³/mol. The second-order valence-corrected chi connectivity index (χ2v) is 10.3. The normalized spacial score (nSPS) is 20.4. The minimum atomic E-state index is -3.63. The van der Waals surface area contributed by atoms with Gasteiger partial charge in [0.15, 0.2) is 12.3 Å². The first-order valence-corrected chi connectivity index (χ1v) is 12.9. The number of hydrogen-bond donors (Lipinski definition) is 0. The Labute approximate surface area is 203 Å². The Morgan fingerprint density at radius 3 is 2.37 bits per heavy atom. The molecule has 0 bridgehead atoms. The van der Waals surface area contributed by atoms with Gasteiger partial charge in [0.25, 0.3) is 0 Å². The minimum absolute atomic E-state index is 0.0424. The third-order valence-electron chi connectivity index (χ3n) is 4.81. The molecule has 192 valence electrons. The van der Waals surface area contributed by atoms with Crippen molar-refractivity contribution in [3.05, 3.63) is 58.6 Å². The van der Waals surface area contributed by atoms with Crippen LogP contribution < -0.4 is 10.4 Å². The van der Waals surface area contributed by atoms with E-state index in [-0.39, 0.29) is 31.0 Å². The van der Waals surface area contributed by atoms with Gasteiger partial charge in [-0.3, -0.25) is 9.13 Å². The van der Waals surface area contributed by atoms with Crippen molar-refractivity contribution in [2.45, 2.75) is 58.3 Å². The Morgan fingerprint density at radius 2 is 1.80 bits per heavy atom. The van der Waals surface area contributed by atoms with E-state index in [1.807, 2.05) is 0 Å². The number of aromatic nitrogens is 2. The first-order chi connectivity index (χ1) is 16.6. The van der Waals surface area contributed by atoms with Crippen molar-refractivity contribution in [3.63, 3.8) is 0 Å². The summed E-state index contributed by atoms with van der Waals surface area (Å²) >= 11 is 0. The molecule has 3 atom stereocenters. The van der Waals surface area contributed by atoms with Crippen molar-refractivity contribution in [2.24, 2.45) is 0 Å². The van der Waals surface area contributed by atoms with Crippen molar-refractivity contribution < 1.29 is 37.4 Å². The van der Waals surface area contributed by atoms with E-state index in [1.54, 1.807) is 58.0 Å². The molecular weight excluding hydrogens is 479 g/mol. The number of ether oxygens (including phenoxy) is 4. The number of carbonyl (C=O) groups is 1. The zero-order valence-electron chi connectivity index (χ0n) is 20.4. The fourth-order valence-corrected chi connectivity index (χ4v) is 5.30. The standard InChI is InChI=1S/C23H31N2O9P/c1-15(2)33-35(28,34-16(3)4)14-31-18-13-30-21(25-12-11-19(29-5)24-23(25)27)20(18)32-22(26)17-9-7-6-8-10-17/h6-12,15-16,18,20-21H,13-14H2,1-5H3/t18-,20+,21+/m0/s1. The molecule has 0 radical (unpaired) electrons. The molecule has 2 aromatic rings. The molecule has 0 amide bonds. The Morgan fingerprint density at radius 1 is 1.14 bits per heavy atom. The molecule has 0 aliphatic carbocycles. The summed E-state index contributed by atoms with van der Waals surface area (Å²) < 4.78 is 47.9. The Hall–Kier alpha value is -2.56. The van der Waals surface area contributed by atoms with Crippen LogP contribution in [-0.2, 0) is 27.8 Å². The van der Waals surface area contributed by atoms with Crippen molar-refractivity contribution in [1.29, 1.82) is 0 Å². The predicted octanol–water partition coefficient (Wildman–Crippen LogP) is 3.39. The third-order valence-corrected chi connectivity index (χ3v) is 6.76. The lowest BCUT2D eigenvalue weighted by Gasteiger charge is -2.27. The molecule has 11 nitrogen and oxygen atoms in total. The highest BCUT2D eigenvalue weighted by Crippen LogP contribution is 2.51. The lowest BCUT2D eigenvalue weighted by atomic mass is 10.2. The molecule has 12 heteroatoms. The van der Waals surface area contributed by atoms with E-state index in [1.165, 1.54) is 23.9 Å². The van der Waals surface area contributed by atoms with Crippen LogP contribution in [0.1, 0.15) is 44.3 Å². The van der Waals surface area contributed by atoms with Crippen LogP contribution >= 0.6 is 7.60 Å². The highest BCUT2D eigenvalue weighted by atomic mass is 31.2. The van der Waals surface area contributed by atoms with E-state index in [9.17, 15) is 14.2 Å². The first kappa shape index (κ1) is 27.0. The largest absolute Gasteiger partial charge is 0.481 e. The number of carbonyl (C=O) groups excluding carboxylic acids is 1. The van der Waals surface area contributed by atoms with Crippen LogP contribution in [0.2, 0.25) is 0 Å². The molecule has 0 unspecified atom stereocenters. The number of esters is 1. The summed E-state index contributed by atoms with van der Waals surface area (Å²) in [5.74, 6) is -0.498. The molecule has 0 spiro atoms. The zero-order chi connectivity index (χ0) is 25.6. The van der Waals surface area contributed by atoms with Crippen LogP contribution in [0, 0.1) is 0 Å². The Balaban J connectivity index is 1.86. The average molecular weight is 510 g/mol. The quantitative estimate of drug-likeness (QED) is 0.328. The molecule has 1 aliphatic rings. The van der Waals surface area contributed by atoms with E-state index in [0.29, 0.717) is 5.56 Å². The van der Waals surface area contributed by atoms with Crippen molar-refractivity contribution in [1.82, 2.24) is 9.55 Å². The summed E-state index contributed by atoms with van der Waals surface area (Å²) in [4.78, 5) is 29.2. The van der Waals surface area contributed by atoms with E-state index in [2.05, 4.69) is 4.98 Å². The monoisotopic (exact) mass is 510 g/mol.